The summed E-state index contributed by atoms with van der Waals surface area (Å²) in [4.78, 5) is 23.9. The largest absolute Gasteiger partial charge is 0.432 e. The van der Waals surface area contributed by atoms with Crippen molar-refractivity contribution in [2.24, 2.45) is 5.92 Å². The van der Waals surface area contributed by atoms with Gasteiger partial charge in [-0.2, -0.15) is 0 Å². The average Bonchev–Trinajstić information content (AvgIpc) is 3.65. The lowest BCUT2D eigenvalue weighted by Gasteiger charge is -2.37. The van der Waals surface area contributed by atoms with Crippen molar-refractivity contribution in [3.63, 3.8) is 0 Å². The van der Waals surface area contributed by atoms with Crippen LogP contribution in [0.25, 0.3) is 0 Å². The molecule has 5 rings (SSSR count). The standard InChI is InChI=1S/C33H46N4O9Si/c1-19-25(14-11-20-9-12-22(13-10-20)34-32(42)30-28(40)27(39)29(41)33(43)46-30)45-26(31(19)47(2,3)44)15-16-37-17-24(35-36-37)23(18-38)21-7-5-4-6-8-21/h4-10,12-13,17,19,23,25-31,33,38-41,43-44H,11,14-16,18H2,1-3H3,(H,34,42)/t19-,23?,25+,26-,27+,28+,29-,30+,31+,33-/m1/s1. The molecule has 2 aliphatic rings. The molecular weight excluding hydrogens is 624 g/mol. The summed E-state index contributed by atoms with van der Waals surface area (Å²) in [6.07, 6.45) is -4.69. The van der Waals surface area contributed by atoms with Crippen LogP contribution in [0.1, 0.15) is 42.5 Å². The van der Waals surface area contributed by atoms with Gasteiger partial charge in [0.05, 0.1) is 30.4 Å². The van der Waals surface area contributed by atoms with Crippen LogP contribution in [0, 0.1) is 5.92 Å². The lowest BCUT2D eigenvalue weighted by Crippen LogP contribution is -2.60. The lowest BCUT2D eigenvalue weighted by molar-refractivity contribution is -0.274. The van der Waals surface area contributed by atoms with Crippen LogP contribution in [-0.2, 0) is 27.2 Å². The zero-order valence-corrected chi connectivity index (χ0v) is 27.8. The molecular formula is C33H46N4O9Si. The van der Waals surface area contributed by atoms with Gasteiger partial charge in [-0.1, -0.05) is 54.6 Å². The molecule has 0 aliphatic carbocycles. The van der Waals surface area contributed by atoms with Gasteiger partial charge in [-0.05, 0) is 61.5 Å². The Labute approximate surface area is 274 Å². The maximum atomic E-state index is 12.6. The molecule has 14 heteroatoms. The number of aryl methyl sites for hydroxylation is 2. The fraction of sp³-hybridized carbons (Fsp3) is 0.545. The topological polar surface area (TPSA) is 200 Å². The van der Waals surface area contributed by atoms with E-state index >= 15 is 0 Å². The van der Waals surface area contributed by atoms with Crippen molar-refractivity contribution in [3.05, 3.63) is 77.6 Å². The summed E-state index contributed by atoms with van der Waals surface area (Å²) >= 11 is 0. The summed E-state index contributed by atoms with van der Waals surface area (Å²) in [5.74, 6) is -0.863. The van der Waals surface area contributed by atoms with Crippen molar-refractivity contribution in [2.75, 3.05) is 11.9 Å². The first-order chi connectivity index (χ1) is 22.4. The summed E-state index contributed by atoms with van der Waals surface area (Å²) in [5, 5.41) is 60.6. The van der Waals surface area contributed by atoms with E-state index in [2.05, 4.69) is 22.6 Å². The third-order valence-electron chi connectivity index (χ3n) is 9.44. The zero-order valence-electron chi connectivity index (χ0n) is 26.8. The second kappa shape index (κ2) is 15.0. The highest BCUT2D eigenvalue weighted by Crippen LogP contribution is 2.45. The minimum Gasteiger partial charge on any atom is -0.432 e. The second-order valence-electron chi connectivity index (χ2n) is 13.2. The Kier molecular flexibility index (Phi) is 11.3. The summed E-state index contributed by atoms with van der Waals surface area (Å²) in [6, 6.07) is 16.9. The van der Waals surface area contributed by atoms with Crippen LogP contribution in [0.15, 0.2) is 60.8 Å². The maximum absolute atomic E-state index is 12.6. The molecule has 0 radical (unpaired) electrons. The Hall–Kier alpha value is -3.05. The predicted octanol–water partition coefficient (Wildman–Crippen LogP) is 1.13. The monoisotopic (exact) mass is 670 g/mol. The summed E-state index contributed by atoms with van der Waals surface area (Å²) in [5.41, 5.74) is 3.18. The number of benzene rings is 2. The fourth-order valence-corrected chi connectivity index (χ4v) is 9.59. The van der Waals surface area contributed by atoms with Gasteiger partial charge in [0, 0.05) is 24.0 Å². The fourth-order valence-electron chi connectivity index (χ4n) is 6.93. The van der Waals surface area contributed by atoms with Gasteiger partial charge in [-0.3, -0.25) is 9.48 Å². The van der Waals surface area contributed by atoms with Crippen LogP contribution in [0.3, 0.4) is 0 Å². The van der Waals surface area contributed by atoms with Crippen molar-refractivity contribution in [2.45, 2.75) is 100 Å². The molecule has 0 bridgehead atoms. The lowest BCUT2D eigenvalue weighted by atomic mass is 9.95. The molecule has 10 atom stereocenters. The van der Waals surface area contributed by atoms with Gasteiger partial charge >= 0.3 is 0 Å². The number of aliphatic hydroxyl groups excluding tert-OH is 5. The first-order valence-electron chi connectivity index (χ1n) is 16.1. The minimum absolute atomic E-state index is 0.0399. The van der Waals surface area contributed by atoms with Gasteiger partial charge in [-0.15, -0.1) is 5.10 Å². The van der Waals surface area contributed by atoms with E-state index in [0.29, 0.717) is 30.8 Å². The van der Waals surface area contributed by atoms with Crippen molar-refractivity contribution < 1.29 is 44.6 Å². The number of ether oxygens (including phenoxy) is 2. The first kappa shape index (κ1) is 35.3. The molecule has 2 aliphatic heterocycles. The molecule has 2 saturated heterocycles. The normalized spacial score (nSPS) is 30.3. The van der Waals surface area contributed by atoms with E-state index in [1.807, 2.05) is 61.8 Å². The average molecular weight is 671 g/mol. The number of aliphatic hydroxyl groups is 5. The smallest absolute Gasteiger partial charge is 0.256 e. The van der Waals surface area contributed by atoms with Crippen molar-refractivity contribution in [1.29, 1.82) is 0 Å². The van der Waals surface area contributed by atoms with E-state index in [-0.39, 0.29) is 36.2 Å². The SMILES string of the molecule is C[C@H]1[C@H]([Si](C)(C)O)[C@@H](CCn2cc(C(CO)c3ccccc3)nn2)O[C@H]1CCc1ccc(NC(=O)[C@H]2O[C@@H](O)[C@H](O)[C@@H](O)[C@@H]2O)cc1. The number of rotatable bonds is 12. The quantitative estimate of drug-likeness (QED) is 0.136. The Morgan fingerprint density at radius 3 is 2.32 bits per heavy atom. The number of nitrogens with one attached hydrogen (secondary N) is 1. The van der Waals surface area contributed by atoms with E-state index in [9.17, 15) is 35.1 Å². The number of hydrogen-bond donors (Lipinski definition) is 7. The van der Waals surface area contributed by atoms with Gasteiger partial charge in [0.25, 0.3) is 5.91 Å². The molecule has 0 saturated carbocycles. The van der Waals surface area contributed by atoms with Crippen LogP contribution in [0.4, 0.5) is 5.69 Å². The van der Waals surface area contributed by atoms with E-state index < -0.39 is 44.9 Å². The molecule has 1 unspecified atom stereocenters. The molecule has 7 N–H and O–H groups in total. The zero-order chi connectivity index (χ0) is 33.9. The van der Waals surface area contributed by atoms with Crippen LogP contribution >= 0.6 is 0 Å². The molecule has 256 valence electrons. The van der Waals surface area contributed by atoms with E-state index in [1.165, 1.54) is 0 Å². The van der Waals surface area contributed by atoms with E-state index in [1.54, 1.807) is 16.8 Å². The molecule has 1 aromatic heterocycles. The Morgan fingerprint density at radius 1 is 0.957 bits per heavy atom. The number of anilines is 1. The maximum Gasteiger partial charge on any atom is 0.256 e. The summed E-state index contributed by atoms with van der Waals surface area (Å²) in [7, 11) is -2.57. The van der Waals surface area contributed by atoms with Crippen molar-refractivity contribution in [3.8, 4) is 0 Å². The third-order valence-corrected chi connectivity index (χ3v) is 12.0. The number of carbonyl (C=O) groups excluding carboxylic acids is 1. The predicted molar refractivity (Wildman–Crippen MR) is 174 cm³/mol. The number of nitrogens with zero attached hydrogens (tertiary/aromatic N) is 3. The number of aromatic nitrogens is 3. The van der Waals surface area contributed by atoms with E-state index in [4.69, 9.17) is 9.47 Å². The highest BCUT2D eigenvalue weighted by Gasteiger charge is 2.49. The highest BCUT2D eigenvalue weighted by atomic mass is 28.4. The van der Waals surface area contributed by atoms with Gasteiger partial charge in [0.1, 0.15) is 18.3 Å². The van der Waals surface area contributed by atoms with Gasteiger partial charge in [0.2, 0.25) is 0 Å². The van der Waals surface area contributed by atoms with E-state index in [0.717, 1.165) is 17.5 Å². The Bertz CT molecular complexity index is 1450. The van der Waals surface area contributed by atoms with Crippen molar-refractivity contribution >= 4 is 19.9 Å². The molecule has 2 aromatic carbocycles. The van der Waals surface area contributed by atoms with Gasteiger partial charge in [-0.25, -0.2) is 0 Å². The molecule has 3 heterocycles. The molecule has 47 heavy (non-hydrogen) atoms. The molecule has 2 fully saturated rings. The number of amides is 1. The molecule has 13 nitrogen and oxygen atoms in total. The number of hydrogen-bond acceptors (Lipinski definition) is 11. The molecule has 3 aromatic rings. The first-order valence-corrected chi connectivity index (χ1v) is 19.1. The van der Waals surface area contributed by atoms with Crippen molar-refractivity contribution in [1.82, 2.24) is 15.0 Å². The molecule has 1 amide bonds. The highest BCUT2D eigenvalue weighted by molar-refractivity contribution is 6.71. The van der Waals surface area contributed by atoms with Crippen LogP contribution < -0.4 is 5.32 Å². The Balaban J connectivity index is 1.16. The molecule has 0 spiro atoms. The van der Waals surface area contributed by atoms with Crippen LogP contribution in [0.2, 0.25) is 18.6 Å². The summed E-state index contributed by atoms with van der Waals surface area (Å²) in [6.45, 7) is 6.56. The van der Waals surface area contributed by atoms with Crippen LogP contribution in [-0.4, -0.2) is 109 Å². The van der Waals surface area contributed by atoms with Gasteiger partial charge < -0.3 is 45.1 Å². The summed E-state index contributed by atoms with van der Waals surface area (Å²) < 4.78 is 13.4. The second-order valence-corrected chi connectivity index (χ2v) is 17.2. The Morgan fingerprint density at radius 2 is 1.66 bits per heavy atom. The third kappa shape index (κ3) is 8.16. The number of carbonyl (C=O) groups is 1. The van der Waals surface area contributed by atoms with Gasteiger partial charge in [0.15, 0.2) is 20.7 Å². The minimum atomic E-state index is -2.57. The van der Waals surface area contributed by atoms with Crippen LogP contribution in [0.5, 0.6) is 0 Å².